The van der Waals surface area contributed by atoms with E-state index in [1.54, 1.807) is 24.3 Å². The molecular formula is C26H27FN4O2. The maximum Gasteiger partial charge on any atom is 0.251 e. The molecule has 0 unspecified atom stereocenters. The van der Waals surface area contributed by atoms with Crippen molar-refractivity contribution in [2.24, 2.45) is 17.8 Å². The van der Waals surface area contributed by atoms with E-state index in [0.29, 0.717) is 41.1 Å². The molecule has 3 N–H and O–H groups in total. The van der Waals surface area contributed by atoms with Crippen molar-refractivity contribution in [3.05, 3.63) is 58.9 Å². The Hall–Kier alpha value is -3.24. The van der Waals surface area contributed by atoms with Crippen molar-refractivity contribution in [1.82, 2.24) is 16.0 Å². The number of fused-ring (bicyclic) bond motifs is 3. The van der Waals surface area contributed by atoms with Crippen molar-refractivity contribution < 1.29 is 14.0 Å². The highest BCUT2D eigenvalue weighted by Gasteiger charge is 2.51. The zero-order valence-electron chi connectivity index (χ0n) is 18.7. The van der Waals surface area contributed by atoms with E-state index in [4.69, 9.17) is 0 Å². The molecule has 0 aromatic heterocycles. The molecule has 2 amide bonds. The Balaban J connectivity index is 1.27. The van der Waals surface area contributed by atoms with E-state index >= 15 is 0 Å². The Morgan fingerprint density at radius 3 is 2.67 bits per heavy atom. The fourth-order valence-electron chi connectivity index (χ4n) is 5.68. The molecule has 6 nitrogen and oxygen atoms in total. The molecule has 5 rings (SSSR count). The summed E-state index contributed by atoms with van der Waals surface area (Å²) in [4.78, 5) is 24.6. The van der Waals surface area contributed by atoms with Gasteiger partial charge in [0, 0.05) is 24.6 Å². The van der Waals surface area contributed by atoms with Crippen molar-refractivity contribution in [1.29, 1.82) is 5.26 Å². The zero-order chi connectivity index (χ0) is 23.3. The number of hydrogen-bond acceptors (Lipinski definition) is 4. The molecule has 1 saturated carbocycles. The van der Waals surface area contributed by atoms with Gasteiger partial charge in [-0.05, 0) is 64.6 Å². The lowest BCUT2D eigenvalue weighted by atomic mass is 9.84. The number of amides is 2. The summed E-state index contributed by atoms with van der Waals surface area (Å²) >= 11 is 0. The minimum Gasteiger partial charge on any atom is -0.348 e. The van der Waals surface area contributed by atoms with Gasteiger partial charge in [-0.3, -0.25) is 9.59 Å². The molecule has 1 aliphatic carbocycles. The van der Waals surface area contributed by atoms with Gasteiger partial charge in [0.1, 0.15) is 11.9 Å². The zero-order valence-corrected chi connectivity index (χ0v) is 18.7. The predicted molar refractivity (Wildman–Crippen MR) is 121 cm³/mol. The second kappa shape index (κ2) is 8.27. The summed E-state index contributed by atoms with van der Waals surface area (Å²) in [6.45, 7) is 4.87. The summed E-state index contributed by atoms with van der Waals surface area (Å²) in [7, 11) is 0. The maximum absolute atomic E-state index is 14.9. The van der Waals surface area contributed by atoms with Crippen LogP contribution < -0.4 is 16.0 Å². The van der Waals surface area contributed by atoms with Crippen LogP contribution in [0.4, 0.5) is 4.39 Å². The van der Waals surface area contributed by atoms with Crippen molar-refractivity contribution >= 4 is 11.8 Å². The Morgan fingerprint density at radius 1 is 1.21 bits per heavy atom. The molecule has 2 heterocycles. The fraction of sp³-hybridized carbons (Fsp3) is 0.423. The maximum atomic E-state index is 14.9. The van der Waals surface area contributed by atoms with Crippen LogP contribution in [0.3, 0.4) is 0 Å². The number of nitriles is 1. The molecule has 6 atom stereocenters. The number of carbonyl (C=O) groups excluding carboxylic acids is 2. The van der Waals surface area contributed by atoms with Crippen LogP contribution in [-0.4, -0.2) is 29.9 Å². The molecule has 2 aromatic rings. The van der Waals surface area contributed by atoms with Gasteiger partial charge in [-0.2, -0.15) is 5.26 Å². The molecule has 2 bridgehead atoms. The molecule has 3 aliphatic rings. The Morgan fingerprint density at radius 2 is 1.97 bits per heavy atom. The molecule has 2 aliphatic heterocycles. The molecule has 0 spiro atoms. The Labute approximate surface area is 192 Å². The highest BCUT2D eigenvalue weighted by molar-refractivity contribution is 5.98. The number of rotatable bonds is 5. The Bertz CT molecular complexity index is 1170. The Kier molecular flexibility index (Phi) is 5.41. The predicted octanol–water partition coefficient (Wildman–Crippen LogP) is 2.92. The lowest BCUT2D eigenvalue weighted by molar-refractivity contribution is -0.125. The summed E-state index contributed by atoms with van der Waals surface area (Å²) in [5.41, 5.74) is 3.45. The van der Waals surface area contributed by atoms with Gasteiger partial charge in [-0.1, -0.05) is 32.0 Å². The minimum atomic E-state index is -0.802. The average molecular weight is 447 g/mol. The van der Waals surface area contributed by atoms with E-state index < -0.39 is 11.9 Å². The van der Waals surface area contributed by atoms with Gasteiger partial charge in [0.15, 0.2) is 0 Å². The topological polar surface area (TPSA) is 94.0 Å². The lowest BCUT2D eigenvalue weighted by Crippen LogP contribution is -2.54. The van der Waals surface area contributed by atoms with E-state index in [1.807, 2.05) is 6.07 Å². The first-order chi connectivity index (χ1) is 15.9. The lowest BCUT2D eigenvalue weighted by Gasteiger charge is -2.32. The summed E-state index contributed by atoms with van der Waals surface area (Å²) in [5.74, 6) is 0.597. The third-order valence-corrected chi connectivity index (χ3v) is 7.84. The summed E-state index contributed by atoms with van der Waals surface area (Å²) in [5, 5.41) is 18.6. The van der Waals surface area contributed by atoms with Gasteiger partial charge < -0.3 is 16.0 Å². The molecular weight excluding hydrogens is 419 g/mol. The first kappa shape index (κ1) is 21.6. The molecule has 0 radical (unpaired) electrons. The first-order valence-corrected chi connectivity index (χ1v) is 11.5. The van der Waals surface area contributed by atoms with Crippen molar-refractivity contribution in [2.45, 2.75) is 51.4 Å². The van der Waals surface area contributed by atoms with Crippen LogP contribution in [0.2, 0.25) is 0 Å². The molecule has 7 heteroatoms. The summed E-state index contributed by atoms with van der Waals surface area (Å²) in [6.07, 6.45) is 1.09. The number of halogens is 1. The van der Waals surface area contributed by atoms with E-state index in [-0.39, 0.29) is 30.2 Å². The minimum absolute atomic E-state index is 0.0905. The number of nitrogens with one attached hydrogen (secondary N) is 3. The number of nitrogens with zero attached hydrogens (tertiary/aromatic N) is 1. The second-order valence-electron chi connectivity index (χ2n) is 9.62. The van der Waals surface area contributed by atoms with Crippen LogP contribution in [0.15, 0.2) is 36.4 Å². The van der Waals surface area contributed by atoms with Gasteiger partial charge in [0.25, 0.3) is 5.91 Å². The normalized spacial score (nSPS) is 28.2. The number of benzene rings is 2. The summed E-state index contributed by atoms with van der Waals surface area (Å²) in [6, 6.07) is 11.7. The highest BCUT2D eigenvalue weighted by atomic mass is 19.1. The fourth-order valence-corrected chi connectivity index (χ4v) is 5.68. The third-order valence-electron chi connectivity index (χ3n) is 7.84. The standard InChI is InChI=1S/C26H27FN4O2/c1-13-14(2)23-10-21(13)24(31-23)26(33)30-19(11-28)8-17-4-3-16(9-22(17)27)15-5-6-20-18(7-15)12-29-25(20)32/h3-7,9,13-14,19,21,23-24,31H,8,10,12H2,1-2H3,(H,29,32)(H,30,33)/t13-,14-,19-,21+,23+,24-/m0/s1. The first-order valence-electron chi connectivity index (χ1n) is 11.5. The van der Waals surface area contributed by atoms with Gasteiger partial charge >= 0.3 is 0 Å². The van der Waals surface area contributed by atoms with Crippen molar-refractivity contribution in [3.63, 3.8) is 0 Å². The molecule has 2 aromatic carbocycles. The molecule has 170 valence electrons. The average Bonchev–Trinajstić information content (AvgIpc) is 3.49. The van der Waals surface area contributed by atoms with Crippen molar-refractivity contribution in [3.8, 4) is 17.2 Å². The van der Waals surface area contributed by atoms with Crippen LogP contribution in [0, 0.1) is 34.9 Å². The van der Waals surface area contributed by atoms with Gasteiger partial charge in [0.2, 0.25) is 5.91 Å². The largest absolute Gasteiger partial charge is 0.348 e. The van der Waals surface area contributed by atoms with E-state index in [2.05, 4.69) is 35.9 Å². The molecule has 2 fully saturated rings. The number of hydrogen-bond donors (Lipinski definition) is 3. The smallest absolute Gasteiger partial charge is 0.251 e. The third kappa shape index (κ3) is 3.79. The molecule has 33 heavy (non-hydrogen) atoms. The van der Waals surface area contributed by atoms with Crippen LogP contribution in [0.5, 0.6) is 0 Å². The van der Waals surface area contributed by atoms with Gasteiger partial charge in [0.05, 0.1) is 12.1 Å². The van der Waals surface area contributed by atoms with E-state index in [9.17, 15) is 19.2 Å². The number of carbonyl (C=O) groups is 2. The van der Waals surface area contributed by atoms with E-state index in [1.165, 1.54) is 6.07 Å². The second-order valence-corrected chi connectivity index (χ2v) is 9.62. The van der Waals surface area contributed by atoms with Crippen LogP contribution in [0.25, 0.3) is 11.1 Å². The van der Waals surface area contributed by atoms with Crippen LogP contribution in [0.1, 0.15) is 41.8 Å². The monoisotopic (exact) mass is 446 g/mol. The van der Waals surface area contributed by atoms with Gasteiger partial charge in [-0.25, -0.2) is 4.39 Å². The van der Waals surface area contributed by atoms with E-state index in [0.717, 1.165) is 17.5 Å². The van der Waals surface area contributed by atoms with Crippen LogP contribution >= 0.6 is 0 Å². The quantitative estimate of drug-likeness (QED) is 0.658. The summed E-state index contributed by atoms with van der Waals surface area (Å²) < 4.78 is 14.9. The highest BCUT2D eigenvalue weighted by Crippen LogP contribution is 2.44. The SMILES string of the molecule is C[C@H]1[C@H](C)[C@H]2C[C@H]1[C@@H](C(=O)N[C@H](C#N)Cc1ccc(-c3ccc4c(c3)CNC4=O)cc1F)N2. The van der Waals surface area contributed by atoms with Crippen molar-refractivity contribution in [2.75, 3.05) is 0 Å². The number of piperidine rings is 1. The molecule has 1 saturated heterocycles. The van der Waals surface area contributed by atoms with Gasteiger partial charge in [-0.15, -0.1) is 0 Å². The van der Waals surface area contributed by atoms with Crippen LogP contribution in [-0.2, 0) is 17.8 Å².